The van der Waals surface area contributed by atoms with E-state index in [-0.39, 0.29) is 11.8 Å². The molecule has 7 heteroatoms. The van der Waals surface area contributed by atoms with Crippen molar-refractivity contribution in [1.82, 2.24) is 15.5 Å². The lowest BCUT2D eigenvalue weighted by Crippen LogP contribution is -2.43. The van der Waals surface area contributed by atoms with Gasteiger partial charge < -0.3 is 19.4 Å². The fraction of sp³-hybridized carbons (Fsp3) is 0.438. The smallest absolute Gasteiger partial charge is 0.233 e. The number of hydrogen-bond donors (Lipinski definition) is 1. The lowest BCUT2D eigenvalue weighted by molar-refractivity contribution is -0.125. The number of nitrogens with one attached hydrogen (secondary N) is 1. The van der Waals surface area contributed by atoms with Crippen molar-refractivity contribution in [3.8, 4) is 5.88 Å². The van der Waals surface area contributed by atoms with Crippen LogP contribution in [0.15, 0.2) is 34.9 Å². The number of nitrogens with zero attached hydrogens (tertiary/aromatic N) is 3. The third kappa shape index (κ3) is 3.80. The molecule has 0 aliphatic carbocycles. The molecule has 1 atom stereocenters. The van der Waals surface area contributed by atoms with E-state index in [1.54, 1.807) is 19.4 Å². The highest BCUT2D eigenvalue weighted by molar-refractivity contribution is 5.79. The molecule has 3 heterocycles. The summed E-state index contributed by atoms with van der Waals surface area (Å²) in [6.07, 6.45) is 3.43. The molecule has 7 nitrogen and oxygen atoms in total. The zero-order chi connectivity index (χ0) is 16.1. The van der Waals surface area contributed by atoms with Crippen LogP contribution in [0.5, 0.6) is 5.88 Å². The number of hydrogen-bond acceptors (Lipinski definition) is 6. The van der Waals surface area contributed by atoms with E-state index in [0.29, 0.717) is 19.0 Å². The van der Waals surface area contributed by atoms with Gasteiger partial charge in [-0.05, 0) is 31.0 Å². The van der Waals surface area contributed by atoms with Gasteiger partial charge in [-0.2, -0.15) is 0 Å². The number of rotatable bonds is 5. The molecule has 1 saturated heterocycles. The number of piperidine rings is 1. The highest BCUT2D eigenvalue weighted by atomic mass is 16.5. The maximum absolute atomic E-state index is 12.3. The zero-order valence-electron chi connectivity index (χ0n) is 13.1. The molecule has 0 radical (unpaired) electrons. The summed E-state index contributed by atoms with van der Waals surface area (Å²) in [5.74, 6) is 2.01. The quantitative estimate of drug-likeness (QED) is 0.902. The summed E-state index contributed by atoms with van der Waals surface area (Å²) in [7, 11) is 1.56. The van der Waals surface area contributed by atoms with E-state index in [1.165, 1.54) is 0 Å². The van der Waals surface area contributed by atoms with Gasteiger partial charge in [0.15, 0.2) is 5.82 Å². The monoisotopic (exact) mass is 316 g/mol. The molecule has 0 aromatic carbocycles. The second-order valence-corrected chi connectivity index (χ2v) is 5.52. The van der Waals surface area contributed by atoms with Gasteiger partial charge in [-0.15, -0.1) is 10.2 Å². The first kappa shape index (κ1) is 15.3. The van der Waals surface area contributed by atoms with Gasteiger partial charge >= 0.3 is 0 Å². The van der Waals surface area contributed by atoms with Crippen LogP contribution in [0.4, 0.5) is 5.82 Å². The van der Waals surface area contributed by atoms with Crippen LogP contribution in [0.1, 0.15) is 18.6 Å². The molecule has 23 heavy (non-hydrogen) atoms. The van der Waals surface area contributed by atoms with E-state index in [4.69, 9.17) is 9.15 Å². The van der Waals surface area contributed by atoms with E-state index in [2.05, 4.69) is 20.4 Å². The summed E-state index contributed by atoms with van der Waals surface area (Å²) in [5.41, 5.74) is 0. The average molecular weight is 316 g/mol. The first-order valence-corrected chi connectivity index (χ1v) is 7.69. The maximum atomic E-state index is 12.3. The molecule has 1 N–H and O–H groups in total. The number of carbonyl (C=O) groups excluding carboxylic acids is 1. The summed E-state index contributed by atoms with van der Waals surface area (Å²) in [6, 6.07) is 7.31. The Balaban J connectivity index is 1.57. The van der Waals surface area contributed by atoms with Crippen molar-refractivity contribution >= 4 is 11.7 Å². The molecule has 0 saturated carbocycles. The van der Waals surface area contributed by atoms with Crippen LogP contribution in [-0.2, 0) is 11.3 Å². The van der Waals surface area contributed by atoms with Gasteiger partial charge in [0.05, 0.1) is 25.8 Å². The van der Waals surface area contributed by atoms with Gasteiger partial charge in [0.2, 0.25) is 11.8 Å². The van der Waals surface area contributed by atoms with Crippen LogP contribution in [0.2, 0.25) is 0 Å². The zero-order valence-corrected chi connectivity index (χ0v) is 13.1. The Bertz CT molecular complexity index is 627. The molecule has 1 aliphatic heterocycles. The highest BCUT2D eigenvalue weighted by Crippen LogP contribution is 2.22. The number of amides is 1. The number of anilines is 1. The SMILES string of the molecule is COc1ccc(N2CCC[C@@H](C(=O)NCc3ccco3)C2)nn1. The molecule has 122 valence electrons. The fourth-order valence-corrected chi connectivity index (χ4v) is 2.72. The number of carbonyl (C=O) groups is 1. The van der Waals surface area contributed by atoms with Crippen LogP contribution < -0.4 is 15.0 Å². The van der Waals surface area contributed by atoms with Crippen LogP contribution in [-0.4, -0.2) is 36.3 Å². The fourth-order valence-electron chi connectivity index (χ4n) is 2.72. The molecule has 1 fully saturated rings. The Morgan fingerprint density at radius 2 is 2.35 bits per heavy atom. The van der Waals surface area contributed by atoms with Crippen molar-refractivity contribution in [2.24, 2.45) is 5.92 Å². The van der Waals surface area contributed by atoms with E-state index in [0.717, 1.165) is 31.0 Å². The molecular formula is C16H20N4O3. The minimum absolute atomic E-state index is 0.0487. The second kappa shape index (κ2) is 7.13. The van der Waals surface area contributed by atoms with Gasteiger partial charge in [0, 0.05) is 19.2 Å². The van der Waals surface area contributed by atoms with Crippen molar-refractivity contribution in [3.63, 3.8) is 0 Å². The Hall–Kier alpha value is -2.57. The summed E-state index contributed by atoms with van der Waals surface area (Å²) in [4.78, 5) is 14.4. The minimum Gasteiger partial charge on any atom is -0.480 e. The van der Waals surface area contributed by atoms with Gasteiger partial charge in [-0.1, -0.05) is 0 Å². The first-order valence-electron chi connectivity index (χ1n) is 7.69. The predicted molar refractivity (Wildman–Crippen MR) is 84.1 cm³/mol. The number of ether oxygens (including phenoxy) is 1. The third-order valence-electron chi connectivity index (χ3n) is 3.97. The lowest BCUT2D eigenvalue weighted by atomic mass is 9.97. The number of methoxy groups -OCH3 is 1. The second-order valence-electron chi connectivity index (χ2n) is 5.52. The summed E-state index contributed by atoms with van der Waals surface area (Å²) >= 11 is 0. The van der Waals surface area contributed by atoms with Crippen molar-refractivity contribution in [3.05, 3.63) is 36.3 Å². The normalized spacial score (nSPS) is 17.8. The molecule has 1 amide bonds. The molecule has 0 spiro atoms. The van der Waals surface area contributed by atoms with Crippen LogP contribution in [0.3, 0.4) is 0 Å². The van der Waals surface area contributed by atoms with Crippen LogP contribution >= 0.6 is 0 Å². The van der Waals surface area contributed by atoms with Crippen molar-refractivity contribution in [2.75, 3.05) is 25.1 Å². The molecule has 2 aromatic rings. The average Bonchev–Trinajstić information content (AvgIpc) is 3.13. The summed E-state index contributed by atoms with van der Waals surface area (Å²) in [6.45, 7) is 1.94. The maximum Gasteiger partial charge on any atom is 0.233 e. The van der Waals surface area contributed by atoms with Gasteiger partial charge in [0.1, 0.15) is 5.76 Å². The van der Waals surface area contributed by atoms with E-state index >= 15 is 0 Å². The van der Waals surface area contributed by atoms with Gasteiger partial charge in [-0.3, -0.25) is 4.79 Å². The molecule has 0 unspecified atom stereocenters. The molecule has 3 rings (SSSR count). The third-order valence-corrected chi connectivity index (χ3v) is 3.97. The molecule has 2 aromatic heterocycles. The van der Waals surface area contributed by atoms with Crippen LogP contribution in [0, 0.1) is 5.92 Å². The number of furan rings is 1. The van der Waals surface area contributed by atoms with E-state index in [1.807, 2.05) is 18.2 Å². The van der Waals surface area contributed by atoms with Crippen molar-refractivity contribution in [2.45, 2.75) is 19.4 Å². The molecule has 1 aliphatic rings. The summed E-state index contributed by atoms with van der Waals surface area (Å²) < 4.78 is 10.2. The van der Waals surface area contributed by atoms with Crippen molar-refractivity contribution in [1.29, 1.82) is 0 Å². The Labute approximate surface area is 134 Å². The van der Waals surface area contributed by atoms with Crippen LogP contribution in [0.25, 0.3) is 0 Å². The molecular weight excluding hydrogens is 296 g/mol. The standard InChI is InChI=1S/C16H20N4O3/c1-22-15-7-6-14(18-19-15)20-8-2-4-12(11-20)16(21)17-10-13-5-3-9-23-13/h3,5-7,9,12H,2,4,8,10-11H2,1H3,(H,17,21)/t12-/m1/s1. The largest absolute Gasteiger partial charge is 0.480 e. The lowest BCUT2D eigenvalue weighted by Gasteiger charge is -2.32. The highest BCUT2D eigenvalue weighted by Gasteiger charge is 2.26. The predicted octanol–water partition coefficient (Wildman–Crippen LogP) is 1.61. The van der Waals surface area contributed by atoms with E-state index < -0.39 is 0 Å². The topological polar surface area (TPSA) is 80.5 Å². The Morgan fingerprint density at radius 3 is 3.04 bits per heavy atom. The Morgan fingerprint density at radius 1 is 1.43 bits per heavy atom. The summed E-state index contributed by atoms with van der Waals surface area (Å²) in [5, 5.41) is 11.1. The first-order chi connectivity index (χ1) is 11.3. The molecule has 0 bridgehead atoms. The number of aromatic nitrogens is 2. The van der Waals surface area contributed by atoms with E-state index in [9.17, 15) is 4.79 Å². The van der Waals surface area contributed by atoms with Gasteiger partial charge in [-0.25, -0.2) is 0 Å². The van der Waals surface area contributed by atoms with Crippen molar-refractivity contribution < 1.29 is 13.9 Å². The minimum atomic E-state index is -0.0531. The Kier molecular flexibility index (Phi) is 4.75. The van der Waals surface area contributed by atoms with Gasteiger partial charge in [0.25, 0.3) is 0 Å².